The molecule has 1 aromatic heterocycles. The predicted molar refractivity (Wildman–Crippen MR) is 117 cm³/mol. The van der Waals surface area contributed by atoms with Crippen LogP contribution in [0.4, 0.5) is 20.3 Å². The van der Waals surface area contributed by atoms with Gasteiger partial charge in [0.15, 0.2) is 5.16 Å². The second-order valence-electron chi connectivity index (χ2n) is 7.33. The van der Waals surface area contributed by atoms with Crippen molar-refractivity contribution < 1.29 is 18.4 Å². The number of aromatic nitrogens is 2. The number of nitrogens with zero attached hydrogens (tertiary/aromatic N) is 1. The molecule has 2 heterocycles. The highest BCUT2D eigenvalue weighted by Crippen LogP contribution is 2.31. The fourth-order valence-electron chi connectivity index (χ4n) is 3.41. The summed E-state index contributed by atoms with van der Waals surface area (Å²) in [6, 6.07) is 10.6. The third-order valence-electron chi connectivity index (χ3n) is 4.89. The van der Waals surface area contributed by atoms with Crippen LogP contribution >= 0.6 is 11.8 Å². The van der Waals surface area contributed by atoms with E-state index in [1.54, 1.807) is 0 Å². The minimum atomic E-state index is -1.17. The molecule has 2 aromatic carbocycles. The first kappa shape index (κ1) is 21.7. The van der Waals surface area contributed by atoms with E-state index in [0.717, 1.165) is 23.3 Å². The van der Waals surface area contributed by atoms with Crippen LogP contribution in [-0.2, 0) is 15.3 Å². The number of H-pyrrole nitrogens is 1. The Labute approximate surface area is 185 Å². The number of thioether (sulfide) groups is 1. The van der Waals surface area contributed by atoms with E-state index in [0.29, 0.717) is 17.0 Å². The van der Waals surface area contributed by atoms with Crippen molar-refractivity contribution in [3.63, 3.8) is 0 Å². The molecule has 4 rings (SSSR count). The van der Waals surface area contributed by atoms with Crippen molar-refractivity contribution in [2.45, 2.75) is 30.2 Å². The third-order valence-corrected chi connectivity index (χ3v) is 5.84. The summed E-state index contributed by atoms with van der Waals surface area (Å²) >= 11 is 1.28. The zero-order valence-corrected chi connectivity index (χ0v) is 17.7. The second kappa shape index (κ2) is 8.91. The number of hydrogen-bond donors (Lipinski definition) is 3. The summed E-state index contributed by atoms with van der Waals surface area (Å²) in [6.07, 6.45) is -0.303. The lowest BCUT2D eigenvalue weighted by molar-refractivity contribution is -0.123. The van der Waals surface area contributed by atoms with Gasteiger partial charge >= 0.3 is 0 Å². The molecule has 1 aliphatic rings. The van der Waals surface area contributed by atoms with E-state index in [1.807, 2.05) is 31.2 Å². The Morgan fingerprint density at radius 2 is 2.03 bits per heavy atom. The van der Waals surface area contributed by atoms with Crippen molar-refractivity contribution in [1.29, 1.82) is 0 Å². The Kier molecular flexibility index (Phi) is 6.04. The molecule has 1 atom stereocenters. The number of carbonyl (C=O) groups excluding carboxylic acids is 2. The van der Waals surface area contributed by atoms with E-state index >= 15 is 0 Å². The summed E-state index contributed by atoms with van der Waals surface area (Å²) in [4.78, 5) is 44.6. The monoisotopic (exact) mass is 456 g/mol. The molecular formula is C22H18F2N4O3S. The topological polar surface area (TPSA) is 104 Å². The van der Waals surface area contributed by atoms with Crippen LogP contribution in [0.3, 0.4) is 0 Å². The number of halogens is 2. The predicted octanol–water partition coefficient (Wildman–Crippen LogP) is 3.71. The van der Waals surface area contributed by atoms with Crippen LogP contribution in [0.15, 0.2) is 52.4 Å². The van der Waals surface area contributed by atoms with Gasteiger partial charge in [0.05, 0.1) is 17.2 Å². The van der Waals surface area contributed by atoms with Crippen molar-refractivity contribution in [3.8, 4) is 0 Å². The van der Waals surface area contributed by atoms with Gasteiger partial charge in [0.2, 0.25) is 11.8 Å². The average Bonchev–Trinajstić information content (AvgIpc) is 2.73. The van der Waals surface area contributed by atoms with E-state index in [2.05, 4.69) is 20.6 Å². The number of amides is 2. The van der Waals surface area contributed by atoms with Gasteiger partial charge in [0.1, 0.15) is 17.5 Å². The quantitative estimate of drug-likeness (QED) is 0.401. The van der Waals surface area contributed by atoms with Gasteiger partial charge in [-0.15, -0.1) is 0 Å². The molecule has 10 heteroatoms. The van der Waals surface area contributed by atoms with Crippen molar-refractivity contribution in [2.24, 2.45) is 0 Å². The van der Waals surface area contributed by atoms with Gasteiger partial charge in [-0.05, 0) is 24.6 Å². The number of aromatic amines is 1. The highest BCUT2D eigenvalue weighted by molar-refractivity contribution is 7.98. The highest BCUT2D eigenvalue weighted by Gasteiger charge is 2.35. The summed E-state index contributed by atoms with van der Waals surface area (Å²) in [6.45, 7) is 1.98. The molecule has 7 nitrogen and oxygen atoms in total. The Bertz CT molecular complexity index is 1280. The number of nitrogens with one attached hydrogen (secondary N) is 3. The molecule has 0 bridgehead atoms. The van der Waals surface area contributed by atoms with Crippen LogP contribution in [0.1, 0.15) is 29.0 Å². The lowest BCUT2D eigenvalue weighted by atomic mass is 9.92. The molecule has 3 N–H and O–H groups in total. The molecule has 1 aliphatic heterocycles. The molecule has 164 valence electrons. The normalized spacial score (nSPS) is 15.1. The third kappa shape index (κ3) is 4.70. The number of aryl methyl sites for hydroxylation is 1. The molecule has 0 saturated heterocycles. The molecule has 0 saturated carbocycles. The number of carbonyl (C=O) groups is 2. The van der Waals surface area contributed by atoms with E-state index in [-0.39, 0.29) is 23.5 Å². The maximum absolute atomic E-state index is 13.9. The summed E-state index contributed by atoms with van der Waals surface area (Å²) < 4.78 is 27.0. The van der Waals surface area contributed by atoms with Gasteiger partial charge in [-0.1, -0.05) is 41.6 Å². The lowest BCUT2D eigenvalue weighted by Gasteiger charge is -2.23. The van der Waals surface area contributed by atoms with Crippen LogP contribution in [0.25, 0.3) is 0 Å². The van der Waals surface area contributed by atoms with Gasteiger partial charge in [0, 0.05) is 18.2 Å². The van der Waals surface area contributed by atoms with Gasteiger partial charge < -0.3 is 15.6 Å². The van der Waals surface area contributed by atoms with Crippen molar-refractivity contribution in [1.82, 2.24) is 9.97 Å². The maximum atomic E-state index is 13.9. The minimum Gasteiger partial charge on any atom is -0.323 e. The molecule has 2 amide bonds. The summed E-state index contributed by atoms with van der Waals surface area (Å²) in [7, 11) is 0. The number of anilines is 2. The van der Waals surface area contributed by atoms with Crippen LogP contribution in [0, 0.1) is 18.6 Å². The molecule has 32 heavy (non-hydrogen) atoms. The van der Waals surface area contributed by atoms with Gasteiger partial charge in [0.25, 0.3) is 5.56 Å². The largest absolute Gasteiger partial charge is 0.323 e. The standard InChI is InChI=1S/C22H18F2N4O3S/c1-11-3-2-4-12(7-11)10-32-22-27-19-18(21(31)28-22)14(9-17(29)26-19)20(30)25-16-6-5-13(23)8-15(16)24/h2-8,14H,9-10H2,1H3,(H,25,30)(H2,26,27,28,29,31). The number of fused-ring (bicyclic) bond motifs is 1. The summed E-state index contributed by atoms with van der Waals surface area (Å²) in [5.74, 6) is -3.64. The first-order valence-corrected chi connectivity index (χ1v) is 10.7. The number of rotatable bonds is 5. The molecule has 0 spiro atoms. The molecule has 3 aromatic rings. The van der Waals surface area contributed by atoms with E-state index in [9.17, 15) is 23.2 Å². The molecular weight excluding hydrogens is 438 g/mol. The maximum Gasteiger partial charge on any atom is 0.257 e. The van der Waals surface area contributed by atoms with Crippen molar-refractivity contribution in [3.05, 3.63) is 81.1 Å². The van der Waals surface area contributed by atoms with Crippen molar-refractivity contribution >= 4 is 35.1 Å². The second-order valence-corrected chi connectivity index (χ2v) is 8.29. The Hall–Kier alpha value is -3.53. The zero-order valence-electron chi connectivity index (χ0n) is 16.9. The highest BCUT2D eigenvalue weighted by atomic mass is 32.2. The summed E-state index contributed by atoms with van der Waals surface area (Å²) in [5, 5.41) is 5.14. The van der Waals surface area contributed by atoms with Crippen LogP contribution in [-0.4, -0.2) is 21.8 Å². The number of hydrogen-bond acceptors (Lipinski definition) is 5. The van der Waals surface area contributed by atoms with Gasteiger partial charge in [-0.25, -0.2) is 13.8 Å². The summed E-state index contributed by atoms with van der Waals surface area (Å²) in [5.41, 5.74) is 1.32. The van der Waals surface area contributed by atoms with E-state index in [4.69, 9.17) is 0 Å². The van der Waals surface area contributed by atoms with Gasteiger partial charge in [-0.2, -0.15) is 0 Å². The lowest BCUT2D eigenvalue weighted by Crippen LogP contribution is -2.36. The average molecular weight is 456 g/mol. The Morgan fingerprint density at radius 1 is 1.22 bits per heavy atom. The van der Waals surface area contributed by atoms with Gasteiger partial charge in [-0.3, -0.25) is 14.4 Å². The molecule has 0 fully saturated rings. The molecule has 0 aliphatic carbocycles. The zero-order chi connectivity index (χ0) is 22.8. The molecule has 0 radical (unpaired) electrons. The minimum absolute atomic E-state index is 0.00327. The Balaban J connectivity index is 1.58. The number of benzene rings is 2. The van der Waals surface area contributed by atoms with Crippen LogP contribution < -0.4 is 16.2 Å². The smallest absolute Gasteiger partial charge is 0.257 e. The Morgan fingerprint density at radius 3 is 2.78 bits per heavy atom. The first-order chi connectivity index (χ1) is 15.3. The SMILES string of the molecule is Cc1cccc(CSc2nc3c(c(=O)[nH]2)C(C(=O)Nc2ccc(F)cc2F)CC(=O)N3)c1. The fraction of sp³-hybridized carbons (Fsp3) is 0.182. The molecule has 1 unspecified atom stereocenters. The fourth-order valence-corrected chi connectivity index (χ4v) is 4.21. The van der Waals surface area contributed by atoms with Crippen LogP contribution in [0.2, 0.25) is 0 Å². The first-order valence-electron chi connectivity index (χ1n) is 9.68. The van der Waals surface area contributed by atoms with E-state index < -0.39 is 34.9 Å². The van der Waals surface area contributed by atoms with Crippen molar-refractivity contribution in [2.75, 3.05) is 10.6 Å². The van der Waals surface area contributed by atoms with E-state index in [1.165, 1.54) is 11.8 Å². The van der Waals surface area contributed by atoms with Crippen LogP contribution in [0.5, 0.6) is 0 Å².